The third kappa shape index (κ3) is 2.69. The van der Waals surface area contributed by atoms with Gasteiger partial charge in [0, 0.05) is 35.0 Å². The largest absolute Gasteiger partial charge is 0.341 e. The number of rotatable bonds is 2. The van der Waals surface area contributed by atoms with Crippen LogP contribution in [0.1, 0.15) is 19.8 Å². The Kier molecular flexibility index (Phi) is 3.73. The number of halogens is 1. The van der Waals surface area contributed by atoms with Crippen LogP contribution in [0.25, 0.3) is 0 Å². The first-order chi connectivity index (χ1) is 7.66. The summed E-state index contributed by atoms with van der Waals surface area (Å²) in [5, 5.41) is 0. The van der Waals surface area contributed by atoms with Crippen molar-refractivity contribution in [1.82, 2.24) is 9.97 Å². The number of ketones is 1. The van der Waals surface area contributed by atoms with E-state index in [0.717, 1.165) is 35.4 Å². The molecule has 1 aliphatic heterocycles. The van der Waals surface area contributed by atoms with Gasteiger partial charge >= 0.3 is 0 Å². The Morgan fingerprint density at radius 3 is 2.44 bits per heavy atom. The summed E-state index contributed by atoms with van der Waals surface area (Å²) in [5.74, 6) is 1.32. The molecular formula is C11H14IN3O. The molecule has 1 saturated heterocycles. The second-order valence-electron chi connectivity index (χ2n) is 4.07. The van der Waals surface area contributed by atoms with Gasteiger partial charge in [-0.3, -0.25) is 4.79 Å². The van der Waals surface area contributed by atoms with Crippen LogP contribution in [0.5, 0.6) is 0 Å². The molecule has 1 aromatic rings. The highest BCUT2D eigenvalue weighted by atomic mass is 127. The molecule has 0 radical (unpaired) electrons. The second-order valence-corrected chi connectivity index (χ2v) is 5.32. The number of hydrogen-bond donors (Lipinski definition) is 0. The zero-order valence-electron chi connectivity index (χ0n) is 9.19. The fraction of sp³-hybridized carbons (Fsp3) is 0.545. The quantitative estimate of drug-likeness (QED) is 0.777. The monoisotopic (exact) mass is 331 g/mol. The number of carbonyl (C=O) groups excluding carboxylic acids is 1. The van der Waals surface area contributed by atoms with E-state index in [4.69, 9.17) is 0 Å². The van der Waals surface area contributed by atoms with E-state index >= 15 is 0 Å². The number of hydrogen-bond acceptors (Lipinski definition) is 4. The van der Waals surface area contributed by atoms with Gasteiger partial charge in [0.1, 0.15) is 5.78 Å². The molecule has 0 saturated carbocycles. The van der Waals surface area contributed by atoms with Crippen molar-refractivity contribution in [3.05, 3.63) is 16.0 Å². The molecule has 1 aliphatic rings. The Labute approximate surface area is 109 Å². The van der Waals surface area contributed by atoms with Crippen LogP contribution in [0.3, 0.4) is 0 Å². The van der Waals surface area contributed by atoms with Crippen molar-refractivity contribution in [1.29, 1.82) is 0 Å². The molecule has 2 heterocycles. The summed E-state index contributed by atoms with van der Waals surface area (Å²) in [5.41, 5.74) is 0. The number of piperidine rings is 1. The summed E-state index contributed by atoms with van der Waals surface area (Å²) in [4.78, 5) is 22.0. The van der Waals surface area contributed by atoms with Crippen LogP contribution in [0.4, 0.5) is 5.95 Å². The summed E-state index contributed by atoms with van der Waals surface area (Å²) in [7, 11) is 0. The van der Waals surface area contributed by atoms with Crippen LogP contribution in [-0.4, -0.2) is 28.8 Å². The maximum absolute atomic E-state index is 11.2. The fourth-order valence-electron chi connectivity index (χ4n) is 1.95. The molecule has 16 heavy (non-hydrogen) atoms. The van der Waals surface area contributed by atoms with Gasteiger partial charge in [-0.15, -0.1) is 0 Å². The van der Waals surface area contributed by atoms with E-state index in [1.165, 1.54) is 0 Å². The molecule has 0 N–H and O–H groups in total. The molecule has 1 aromatic heterocycles. The number of nitrogens with zero attached hydrogens (tertiary/aromatic N) is 3. The standard InChI is InChI=1S/C11H14IN3O/c1-8(16)9-2-4-15(5-3-9)11-13-6-10(12)7-14-11/h6-7,9H,2-5H2,1H3. The average molecular weight is 331 g/mol. The Balaban J connectivity index is 1.99. The number of Topliss-reactive ketones (excluding diaryl/α,β-unsaturated/α-hetero) is 1. The van der Waals surface area contributed by atoms with Gasteiger partial charge in [-0.1, -0.05) is 0 Å². The fourth-order valence-corrected chi connectivity index (χ4v) is 2.23. The van der Waals surface area contributed by atoms with Crippen molar-refractivity contribution in [3.8, 4) is 0 Å². The maximum atomic E-state index is 11.2. The molecule has 0 amide bonds. The van der Waals surface area contributed by atoms with Gasteiger partial charge in [0.25, 0.3) is 0 Å². The molecule has 86 valence electrons. The zero-order chi connectivity index (χ0) is 11.5. The molecule has 0 aromatic carbocycles. The zero-order valence-corrected chi connectivity index (χ0v) is 11.3. The van der Waals surface area contributed by atoms with Crippen LogP contribution < -0.4 is 4.90 Å². The Hall–Kier alpha value is -0.720. The lowest BCUT2D eigenvalue weighted by atomic mass is 9.94. The SMILES string of the molecule is CC(=O)C1CCN(c2ncc(I)cn2)CC1. The summed E-state index contributed by atoms with van der Waals surface area (Å²) in [6, 6.07) is 0. The van der Waals surface area contributed by atoms with Crippen molar-refractivity contribution >= 4 is 34.3 Å². The van der Waals surface area contributed by atoms with Gasteiger partial charge in [-0.05, 0) is 42.4 Å². The van der Waals surface area contributed by atoms with Gasteiger partial charge in [-0.25, -0.2) is 9.97 Å². The van der Waals surface area contributed by atoms with Crippen molar-refractivity contribution in [2.75, 3.05) is 18.0 Å². The first-order valence-corrected chi connectivity index (χ1v) is 6.47. The molecule has 2 rings (SSSR count). The third-order valence-electron chi connectivity index (χ3n) is 2.96. The van der Waals surface area contributed by atoms with Crippen molar-refractivity contribution in [3.63, 3.8) is 0 Å². The minimum absolute atomic E-state index is 0.236. The molecular weight excluding hydrogens is 317 g/mol. The van der Waals surface area contributed by atoms with Crippen LogP contribution in [-0.2, 0) is 4.79 Å². The molecule has 5 heteroatoms. The minimum atomic E-state index is 0.236. The average Bonchev–Trinajstić information content (AvgIpc) is 2.30. The predicted octanol–water partition coefficient (Wildman–Crippen LogP) is 1.89. The van der Waals surface area contributed by atoms with Gasteiger partial charge in [-0.2, -0.15) is 0 Å². The first kappa shape index (κ1) is 11.8. The van der Waals surface area contributed by atoms with Crippen LogP contribution in [0.2, 0.25) is 0 Å². The number of carbonyl (C=O) groups is 1. The maximum Gasteiger partial charge on any atom is 0.225 e. The van der Waals surface area contributed by atoms with Gasteiger partial charge < -0.3 is 4.90 Å². The topological polar surface area (TPSA) is 46.1 Å². The van der Waals surface area contributed by atoms with E-state index in [-0.39, 0.29) is 5.92 Å². The Morgan fingerprint density at radius 2 is 1.94 bits per heavy atom. The van der Waals surface area contributed by atoms with E-state index in [9.17, 15) is 4.79 Å². The van der Waals surface area contributed by atoms with Crippen LogP contribution in [0.15, 0.2) is 12.4 Å². The van der Waals surface area contributed by atoms with Crippen LogP contribution in [0, 0.1) is 9.49 Å². The third-order valence-corrected chi connectivity index (χ3v) is 3.52. The van der Waals surface area contributed by atoms with E-state index in [1.54, 1.807) is 6.92 Å². The van der Waals surface area contributed by atoms with Crippen LogP contribution >= 0.6 is 22.6 Å². The van der Waals surface area contributed by atoms with E-state index in [0.29, 0.717) is 5.78 Å². The summed E-state index contributed by atoms with van der Waals surface area (Å²) in [6.07, 6.45) is 5.48. The highest BCUT2D eigenvalue weighted by Gasteiger charge is 2.23. The summed E-state index contributed by atoms with van der Waals surface area (Å²) in [6.45, 7) is 3.44. The van der Waals surface area contributed by atoms with E-state index < -0.39 is 0 Å². The lowest BCUT2D eigenvalue weighted by Gasteiger charge is -2.30. The molecule has 1 fully saturated rings. The first-order valence-electron chi connectivity index (χ1n) is 5.40. The minimum Gasteiger partial charge on any atom is -0.341 e. The highest BCUT2D eigenvalue weighted by Crippen LogP contribution is 2.21. The van der Waals surface area contributed by atoms with E-state index in [2.05, 4.69) is 37.5 Å². The smallest absolute Gasteiger partial charge is 0.225 e. The molecule has 0 atom stereocenters. The number of aromatic nitrogens is 2. The second kappa shape index (κ2) is 5.07. The molecule has 0 aliphatic carbocycles. The Morgan fingerprint density at radius 1 is 1.38 bits per heavy atom. The van der Waals surface area contributed by atoms with Crippen molar-refractivity contribution in [2.45, 2.75) is 19.8 Å². The number of anilines is 1. The van der Waals surface area contributed by atoms with Crippen molar-refractivity contribution < 1.29 is 4.79 Å². The molecule has 0 spiro atoms. The molecule has 0 unspecified atom stereocenters. The van der Waals surface area contributed by atoms with Gasteiger partial charge in [0.05, 0.1) is 0 Å². The molecule has 4 nitrogen and oxygen atoms in total. The lowest BCUT2D eigenvalue weighted by molar-refractivity contribution is -0.121. The van der Waals surface area contributed by atoms with Gasteiger partial charge in [0.2, 0.25) is 5.95 Å². The van der Waals surface area contributed by atoms with Gasteiger partial charge in [0.15, 0.2) is 0 Å². The highest BCUT2D eigenvalue weighted by molar-refractivity contribution is 14.1. The van der Waals surface area contributed by atoms with E-state index in [1.807, 2.05) is 12.4 Å². The normalized spacial score (nSPS) is 17.5. The Bertz CT molecular complexity index is 371. The lowest BCUT2D eigenvalue weighted by Crippen LogP contribution is -2.36. The summed E-state index contributed by atoms with van der Waals surface area (Å²) < 4.78 is 1.04. The van der Waals surface area contributed by atoms with Crippen molar-refractivity contribution in [2.24, 2.45) is 5.92 Å². The summed E-state index contributed by atoms with van der Waals surface area (Å²) >= 11 is 2.19. The predicted molar refractivity (Wildman–Crippen MR) is 70.4 cm³/mol. The molecule has 0 bridgehead atoms.